The molecule has 1 aromatic rings. The average Bonchev–Trinajstić information content (AvgIpc) is 2.71. The highest BCUT2D eigenvalue weighted by Gasteiger charge is 2.43. The Kier molecular flexibility index (Phi) is 4.06. The maximum Gasteiger partial charge on any atom is 0.309 e. The van der Waals surface area contributed by atoms with Gasteiger partial charge in [0, 0.05) is 18.6 Å². The fourth-order valence-corrected chi connectivity index (χ4v) is 3.78. The molecule has 0 amide bonds. The van der Waals surface area contributed by atoms with Gasteiger partial charge in [-0.05, 0) is 38.2 Å². The van der Waals surface area contributed by atoms with Gasteiger partial charge in [0.15, 0.2) is 0 Å². The van der Waals surface area contributed by atoms with Gasteiger partial charge in [0.25, 0.3) is 0 Å². The maximum absolute atomic E-state index is 11.9. The van der Waals surface area contributed by atoms with Crippen LogP contribution in [-0.2, 0) is 16.1 Å². The van der Waals surface area contributed by atoms with Crippen LogP contribution in [0.5, 0.6) is 0 Å². The van der Waals surface area contributed by atoms with Gasteiger partial charge in [-0.3, -0.25) is 9.69 Å². The number of hydrogen-bond donors (Lipinski definition) is 0. The lowest BCUT2D eigenvalue weighted by Gasteiger charge is -2.38. The van der Waals surface area contributed by atoms with Crippen molar-refractivity contribution in [3.05, 3.63) is 35.9 Å². The first-order valence-corrected chi connectivity index (χ1v) is 7.74. The number of ether oxygens (including phenoxy) is 1. The van der Waals surface area contributed by atoms with Crippen molar-refractivity contribution in [3.8, 4) is 0 Å². The summed E-state index contributed by atoms with van der Waals surface area (Å²) >= 11 is 0. The Morgan fingerprint density at radius 3 is 2.45 bits per heavy atom. The van der Waals surface area contributed by atoms with E-state index >= 15 is 0 Å². The van der Waals surface area contributed by atoms with Crippen molar-refractivity contribution in [2.75, 3.05) is 6.61 Å². The predicted molar refractivity (Wildman–Crippen MR) is 78.2 cm³/mol. The molecule has 2 aliphatic heterocycles. The molecular weight excluding hydrogens is 250 g/mol. The van der Waals surface area contributed by atoms with Gasteiger partial charge in [0.1, 0.15) is 0 Å². The summed E-state index contributed by atoms with van der Waals surface area (Å²) in [5.41, 5.74) is 1.37. The second-order valence-electron chi connectivity index (χ2n) is 5.96. The van der Waals surface area contributed by atoms with Gasteiger partial charge in [-0.25, -0.2) is 0 Å². The van der Waals surface area contributed by atoms with Crippen molar-refractivity contribution >= 4 is 5.97 Å². The van der Waals surface area contributed by atoms with Crippen LogP contribution in [0.2, 0.25) is 0 Å². The molecule has 0 saturated carbocycles. The zero-order valence-electron chi connectivity index (χ0n) is 12.1. The van der Waals surface area contributed by atoms with Gasteiger partial charge in [-0.15, -0.1) is 0 Å². The number of esters is 1. The molecule has 2 fully saturated rings. The Morgan fingerprint density at radius 2 is 1.85 bits per heavy atom. The third kappa shape index (κ3) is 2.73. The van der Waals surface area contributed by atoms with Gasteiger partial charge in [-0.1, -0.05) is 30.3 Å². The molecule has 0 spiro atoms. The van der Waals surface area contributed by atoms with Crippen LogP contribution in [-0.4, -0.2) is 29.6 Å². The summed E-state index contributed by atoms with van der Waals surface area (Å²) in [5.74, 6) is 0.142. The van der Waals surface area contributed by atoms with E-state index in [0.717, 1.165) is 19.4 Å². The highest BCUT2D eigenvalue weighted by Crippen LogP contribution is 2.39. The van der Waals surface area contributed by atoms with Gasteiger partial charge in [-0.2, -0.15) is 0 Å². The number of nitrogens with zero attached hydrogens (tertiary/aromatic N) is 1. The third-order valence-corrected chi connectivity index (χ3v) is 4.71. The van der Waals surface area contributed by atoms with Crippen molar-refractivity contribution in [2.24, 2.45) is 5.92 Å². The lowest BCUT2D eigenvalue weighted by molar-refractivity contribution is -0.150. The average molecular weight is 273 g/mol. The first-order valence-electron chi connectivity index (χ1n) is 7.74. The van der Waals surface area contributed by atoms with Gasteiger partial charge in [0.05, 0.1) is 12.5 Å². The molecule has 2 unspecified atom stereocenters. The largest absolute Gasteiger partial charge is 0.466 e. The van der Waals surface area contributed by atoms with Crippen LogP contribution in [0.4, 0.5) is 0 Å². The number of carbonyl (C=O) groups excluding carboxylic acids is 1. The molecule has 20 heavy (non-hydrogen) atoms. The summed E-state index contributed by atoms with van der Waals surface area (Å²) in [6, 6.07) is 11.8. The minimum absolute atomic E-state index is 0.0174. The van der Waals surface area contributed by atoms with Gasteiger partial charge in [0.2, 0.25) is 0 Å². The van der Waals surface area contributed by atoms with E-state index in [4.69, 9.17) is 4.74 Å². The molecule has 2 atom stereocenters. The van der Waals surface area contributed by atoms with E-state index in [2.05, 4.69) is 35.2 Å². The molecule has 0 aliphatic carbocycles. The van der Waals surface area contributed by atoms with Crippen LogP contribution >= 0.6 is 0 Å². The zero-order chi connectivity index (χ0) is 13.9. The van der Waals surface area contributed by atoms with Gasteiger partial charge < -0.3 is 4.74 Å². The van der Waals surface area contributed by atoms with Crippen LogP contribution in [0.1, 0.15) is 38.2 Å². The Balaban J connectivity index is 1.65. The van der Waals surface area contributed by atoms with Crippen LogP contribution in [0.25, 0.3) is 0 Å². The molecule has 3 rings (SSSR count). The summed E-state index contributed by atoms with van der Waals surface area (Å²) in [7, 11) is 0. The number of rotatable bonds is 4. The van der Waals surface area contributed by atoms with E-state index in [1.54, 1.807) is 0 Å². The highest BCUT2D eigenvalue weighted by atomic mass is 16.5. The zero-order valence-corrected chi connectivity index (χ0v) is 12.1. The number of piperidine rings is 1. The van der Waals surface area contributed by atoms with Crippen molar-refractivity contribution in [2.45, 2.75) is 51.2 Å². The van der Waals surface area contributed by atoms with Crippen molar-refractivity contribution < 1.29 is 9.53 Å². The van der Waals surface area contributed by atoms with Gasteiger partial charge >= 0.3 is 5.97 Å². The first kappa shape index (κ1) is 13.6. The van der Waals surface area contributed by atoms with Crippen LogP contribution in [0.3, 0.4) is 0 Å². The molecule has 1 aromatic carbocycles. The summed E-state index contributed by atoms with van der Waals surface area (Å²) in [5, 5.41) is 0. The van der Waals surface area contributed by atoms with E-state index in [9.17, 15) is 4.79 Å². The smallest absolute Gasteiger partial charge is 0.309 e. The SMILES string of the molecule is CCOC(=O)C1CC2CCC(C1)N2Cc1ccccc1. The molecule has 3 nitrogen and oxygen atoms in total. The van der Waals surface area contributed by atoms with Crippen molar-refractivity contribution in [1.29, 1.82) is 0 Å². The van der Waals surface area contributed by atoms with Crippen molar-refractivity contribution in [3.63, 3.8) is 0 Å². The Hall–Kier alpha value is -1.35. The van der Waals surface area contributed by atoms with E-state index in [1.807, 2.05) is 6.92 Å². The molecule has 2 bridgehead atoms. The molecule has 0 aromatic heterocycles. The molecule has 3 heteroatoms. The molecule has 108 valence electrons. The third-order valence-electron chi connectivity index (χ3n) is 4.71. The summed E-state index contributed by atoms with van der Waals surface area (Å²) in [6.07, 6.45) is 4.41. The second-order valence-corrected chi connectivity index (χ2v) is 5.96. The Labute approximate surface area is 120 Å². The topological polar surface area (TPSA) is 29.5 Å². The van der Waals surface area contributed by atoms with E-state index in [-0.39, 0.29) is 11.9 Å². The lowest BCUT2D eigenvalue weighted by atomic mass is 9.90. The molecule has 0 radical (unpaired) electrons. The number of fused-ring (bicyclic) bond motifs is 2. The summed E-state index contributed by atoms with van der Waals surface area (Å²) in [6.45, 7) is 3.40. The van der Waals surface area contributed by atoms with Crippen LogP contribution in [0.15, 0.2) is 30.3 Å². The van der Waals surface area contributed by atoms with Crippen LogP contribution < -0.4 is 0 Å². The Morgan fingerprint density at radius 1 is 1.20 bits per heavy atom. The maximum atomic E-state index is 11.9. The molecule has 0 N–H and O–H groups in total. The van der Waals surface area contributed by atoms with E-state index in [0.29, 0.717) is 18.7 Å². The Bertz CT molecular complexity index is 445. The van der Waals surface area contributed by atoms with Crippen molar-refractivity contribution in [1.82, 2.24) is 4.90 Å². The highest BCUT2D eigenvalue weighted by molar-refractivity contribution is 5.72. The molecular formula is C17H23NO2. The summed E-state index contributed by atoms with van der Waals surface area (Å²) < 4.78 is 5.20. The molecule has 2 aliphatic rings. The molecule has 2 heterocycles. The van der Waals surface area contributed by atoms with E-state index < -0.39 is 0 Å². The van der Waals surface area contributed by atoms with Crippen LogP contribution in [0, 0.1) is 5.92 Å². The minimum atomic E-state index is 0.0174. The van der Waals surface area contributed by atoms with E-state index in [1.165, 1.54) is 18.4 Å². The molecule has 2 saturated heterocycles. The number of benzene rings is 1. The quantitative estimate of drug-likeness (QED) is 0.790. The predicted octanol–water partition coefficient (Wildman–Crippen LogP) is 2.99. The number of hydrogen-bond acceptors (Lipinski definition) is 3. The minimum Gasteiger partial charge on any atom is -0.466 e. The second kappa shape index (κ2) is 5.96. The fourth-order valence-electron chi connectivity index (χ4n) is 3.78. The monoisotopic (exact) mass is 273 g/mol. The normalized spacial score (nSPS) is 29.4. The standard InChI is InChI=1S/C17H23NO2/c1-2-20-17(19)14-10-15-8-9-16(11-14)18(15)12-13-6-4-3-5-7-13/h3-7,14-16H,2,8-12H2,1H3. The number of carbonyl (C=O) groups is 1. The lowest BCUT2D eigenvalue weighted by Crippen LogP contribution is -2.44. The summed E-state index contributed by atoms with van der Waals surface area (Å²) in [4.78, 5) is 14.5. The fraction of sp³-hybridized carbons (Fsp3) is 0.588. The first-order chi connectivity index (χ1) is 9.78.